The van der Waals surface area contributed by atoms with E-state index in [9.17, 15) is 4.79 Å². The van der Waals surface area contributed by atoms with Gasteiger partial charge < -0.3 is 4.90 Å². The van der Waals surface area contributed by atoms with Gasteiger partial charge in [0.15, 0.2) is 0 Å². The van der Waals surface area contributed by atoms with Crippen LogP contribution in [0.2, 0.25) is 0 Å². The van der Waals surface area contributed by atoms with Crippen LogP contribution >= 0.6 is 37.2 Å². The highest BCUT2D eigenvalue weighted by Crippen LogP contribution is 2.42. The molecule has 9 heteroatoms. The molecule has 0 atom stereocenters. The van der Waals surface area contributed by atoms with Gasteiger partial charge in [-0.05, 0) is 68.0 Å². The third-order valence-electron chi connectivity index (χ3n) is 7.60. The Hall–Kier alpha value is -2.51. The number of hydrogen-bond acceptors (Lipinski definition) is 4. The lowest BCUT2D eigenvalue weighted by molar-refractivity contribution is 0.0366. The molecule has 206 valence electrons. The van der Waals surface area contributed by atoms with E-state index in [1.165, 1.54) is 5.69 Å². The Bertz CT molecular complexity index is 1090. The molecule has 5 rings (SSSR count). The van der Waals surface area contributed by atoms with Gasteiger partial charge in [0.2, 0.25) is 0 Å². The molecule has 0 radical (unpaired) electrons. The van der Waals surface area contributed by atoms with Crippen LogP contribution in [-0.4, -0.2) is 47.8 Å². The lowest BCUT2D eigenvalue weighted by Gasteiger charge is -2.55. The van der Waals surface area contributed by atoms with Crippen molar-refractivity contribution in [2.75, 3.05) is 41.3 Å². The van der Waals surface area contributed by atoms with Crippen LogP contribution < -0.4 is 15.1 Å². The number of nitrogens with zero attached hydrogens (tertiary/aromatic N) is 4. The number of pyridine rings is 1. The molecule has 1 saturated carbocycles. The monoisotopic (exact) mass is 577 g/mol. The van der Waals surface area contributed by atoms with Crippen LogP contribution in [0.1, 0.15) is 32.6 Å². The van der Waals surface area contributed by atoms with Crippen LogP contribution in [-0.2, 0) is 0 Å². The largest absolute Gasteiger partial charge is 0.369 e. The van der Waals surface area contributed by atoms with Crippen molar-refractivity contribution in [2.45, 2.75) is 38.3 Å². The van der Waals surface area contributed by atoms with Crippen LogP contribution in [0, 0.1) is 5.92 Å². The molecule has 2 aliphatic rings. The number of aromatic nitrogens is 1. The van der Waals surface area contributed by atoms with Crippen LogP contribution in [0.3, 0.4) is 0 Å². The molecule has 38 heavy (non-hydrogen) atoms. The Morgan fingerprint density at radius 1 is 0.842 bits per heavy atom. The highest BCUT2D eigenvalue weighted by molar-refractivity contribution is 6.02. The lowest BCUT2D eigenvalue weighted by Crippen LogP contribution is -2.68. The number of hydrogen-bond donors (Lipinski definition) is 1. The molecule has 2 amide bonds. The van der Waals surface area contributed by atoms with Crippen molar-refractivity contribution in [1.82, 2.24) is 9.88 Å². The maximum absolute atomic E-state index is 14.0. The van der Waals surface area contributed by atoms with E-state index in [0.717, 1.165) is 57.5 Å². The van der Waals surface area contributed by atoms with E-state index in [2.05, 4.69) is 69.5 Å². The average molecular weight is 579 g/mol. The molecule has 2 aromatic carbocycles. The Morgan fingerprint density at radius 3 is 2.00 bits per heavy atom. The van der Waals surface area contributed by atoms with Gasteiger partial charge in [0.1, 0.15) is 11.5 Å². The Balaban J connectivity index is 0.00000169. The number of carbonyl (C=O) groups is 1. The second kappa shape index (κ2) is 14.6. The lowest BCUT2D eigenvalue weighted by atomic mass is 9.80. The summed E-state index contributed by atoms with van der Waals surface area (Å²) >= 11 is 0. The van der Waals surface area contributed by atoms with Crippen LogP contribution in [0.15, 0.2) is 85.1 Å². The molecule has 3 aromatic rings. The van der Waals surface area contributed by atoms with Crippen LogP contribution in [0.25, 0.3) is 0 Å². The van der Waals surface area contributed by atoms with Crippen molar-refractivity contribution in [2.24, 2.45) is 5.92 Å². The van der Waals surface area contributed by atoms with Crippen molar-refractivity contribution in [3.8, 4) is 0 Å². The van der Waals surface area contributed by atoms with Gasteiger partial charge in [0.25, 0.3) is 0 Å². The Labute approximate surface area is 245 Å². The number of urea groups is 1. The van der Waals surface area contributed by atoms with E-state index in [1.54, 1.807) is 6.20 Å². The molecule has 1 aromatic heterocycles. The molecular formula is C29H38Cl3N5O. The summed E-state index contributed by atoms with van der Waals surface area (Å²) in [7, 11) is 0. The smallest absolute Gasteiger partial charge is 0.329 e. The maximum atomic E-state index is 14.0. The molecule has 0 unspecified atom stereocenters. The number of nitrogens with one attached hydrogen (secondary N) is 1. The standard InChI is InChI=1S/C29H35N5O.3ClH/c1-24-15-17-29(18-16-24,33-22-20-32(21-23-33)25-10-4-2-5-11-25)34(26-12-6-3-7-13-26)28(35)31-27-14-8-9-19-30-27;;;/h2-14,19,24H,15-18,20-23H2,1H3,(H,30,31,35);3*1H. The molecule has 1 saturated heterocycles. The number of para-hydroxylation sites is 2. The summed E-state index contributed by atoms with van der Waals surface area (Å²) in [5, 5.41) is 3.09. The van der Waals surface area contributed by atoms with E-state index in [0.29, 0.717) is 11.7 Å². The Kier molecular flexibility index (Phi) is 12.2. The zero-order valence-corrected chi connectivity index (χ0v) is 24.2. The number of amides is 2. The van der Waals surface area contributed by atoms with Crippen molar-refractivity contribution in [3.05, 3.63) is 85.1 Å². The topological polar surface area (TPSA) is 51.7 Å². The van der Waals surface area contributed by atoms with E-state index in [1.807, 2.05) is 41.3 Å². The van der Waals surface area contributed by atoms with Crippen LogP contribution in [0.4, 0.5) is 22.0 Å². The van der Waals surface area contributed by atoms with Gasteiger partial charge in [0.05, 0.1) is 0 Å². The van der Waals surface area contributed by atoms with Gasteiger partial charge in [-0.25, -0.2) is 9.78 Å². The number of anilines is 3. The quantitative estimate of drug-likeness (QED) is 0.350. The highest BCUT2D eigenvalue weighted by atomic mass is 35.5. The van der Waals surface area contributed by atoms with Gasteiger partial charge in [-0.15, -0.1) is 37.2 Å². The third-order valence-corrected chi connectivity index (χ3v) is 7.60. The third kappa shape index (κ3) is 6.92. The summed E-state index contributed by atoms with van der Waals surface area (Å²) in [5.41, 5.74) is 1.84. The van der Waals surface area contributed by atoms with Crippen molar-refractivity contribution in [3.63, 3.8) is 0 Å². The maximum Gasteiger partial charge on any atom is 0.329 e. The number of piperazine rings is 1. The summed E-state index contributed by atoms with van der Waals surface area (Å²) in [6, 6.07) is 26.3. The zero-order valence-electron chi connectivity index (χ0n) is 21.7. The number of halogens is 3. The van der Waals surface area contributed by atoms with E-state index >= 15 is 0 Å². The van der Waals surface area contributed by atoms with Gasteiger partial charge >= 0.3 is 6.03 Å². The minimum atomic E-state index is -0.366. The Morgan fingerprint density at radius 2 is 1.42 bits per heavy atom. The molecular weight excluding hydrogens is 541 g/mol. The van der Waals surface area contributed by atoms with Crippen molar-refractivity contribution >= 4 is 60.4 Å². The molecule has 1 N–H and O–H groups in total. The fourth-order valence-corrected chi connectivity index (χ4v) is 5.65. The first-order chi connectivity index (χ1) is 17.2. The van der Waals surface area contributed by atoms with Gasteiger partial charge in [0, 0.05) is 43.8 Å². The van der Waals surface area contributed by atoms with E-state index in [4.69, 9.17) is 0 Å². The first-order valence-electron chi connectivity index (χ1n) is 12.8. The minimum absolute atomic E-state index is 0. The summed E-state index contributed by atoms with van der Waals surface area (Å²) in [5.74, 6) is 1.25. The van der Waals surface area contributed by atoms with Crippen molar-refractivity contribution in [1.29, 1.82) is 0 Å². The summed E-state index contributed by atoms with van der Waals surface area (Å²) in [6.45, 7) is 6.07. The van der Waals surface area contributed by atoms with Crippen molar-refractivity contribution < 1.29 is 4.79 Å². The summed E-state index contributed by atoms with van der Waals surface area (Å²) in [6.07, 6.45) is 5.86. The molecule has 0 bridgehead atoms. The first kappa shape index (κ1) is 31.7. The second-order valence-electron chi connectivity index (χ2n) is 9.79. The summed E-state index contributed by atoms with van der Waals surface area (Å²) in [4.78, 5) is 25.4. The SMILES string of the molecule is CC1CCC(N2CCN(c3ccccc3)CC2)(N(C(=O)Nc2ccccn2)c2ccccc2)CC1.Cl.Cl.Cl. The minimum Gasteiger partial charge on any atom is -0.369 e. The highest BCUT2D eigenvalue weighted by Gasteiger charge is 2.48. The fourth-order valence-electron chi connectivity index (χ4n) is 5.65. The van der Waals surface area contributed by atoms with Gasteiger partial charge in [-0.2, -0.15) is 0 Å². The van der Waals surface area contributed by atoms with E-state index in [-0.39, 0.29) is 48.9 Å². The molecule has 2 fully saturated rings. The number of carbonyl (C=O) groups excluding carboxylic acids is 1. The predicted octanol–water partition coefficient (Wildman–Crippen LogP) is 7.11. The molecule has 1 aliphatic heterocycles. The normalized spacial score (nSPS) is 21.2. The fraction of sp³-hybridized carbons (Fsp3) is 0.379. The molecule has 1 aliphatic carbocycles. The molecule has 2 heterocycles. The molecule has 6 nitrogen and oxygen atoms in total. The van der Waals surface area contributed by atoms with E-state index < -0.39 is 0 Å². The number of rotatable bonds is 5. The predicted molar refractivity (Wildman–Crippen MR) is 165 cm³/mol. The van der Waals surface area contributed by atoms with Gasteiger partial charge in [-0.1, -0.05) is 49.4 Å². The average Bonchev–Trinajstić information content (AvgIpc) is 2.92. The number of benzene rings is 2. The molecule has 0 spiro atoms. The van der Waals surface area contributed by atoms with Gasteiger partial charge in [-0.3, -0.25) is 15.1 Å². The summed E-state index contributed by atoms with van der Waals surface area (Å²) < 4.78 is 0. The second-order valence-corrected chi connectivity index (χ2v) is 9.79. The van der Waals surface area contributed by atoms with Crippen LogP contribution in [0.5, 0.6) is 0 Å². The first-order valence-corrected chi connectivity index (χ1v) is 12.8. The zero-order chi connectivity index (χ0) is 24.1.